The number of pyridine rings is 1. The third-order valence-electron chi connectivity index (χ3n) is 5.48. The van der Waals surface area contributed by atoms with E-state index in [9.17, 15) is 9.59 Å². The maximum Gasteiger partial charge on any atom is 0.274 e. The van der Waals surface area contributed by atoms with Gasteiger partial charge in [0.15, 0.2) is 6.67 Å². The van der Waals surface area contributed by atoms with Crippen LogP contribution in [0.4, 0.5) is 5.82 Å². The molecule has 1 aromatic rings. The standard InChI is InChI=1S/C18H22N4O2/c23-17-14-5-1-2-6-15(14)18(24)22(17)13-20-9-11-21(12-10-20)16-7-3-4-8-19-16/h1-4,7-8,14-15H,5-6,9-13H2/p+2/t14-,15-/m0/s1. The lowest BCUT2D eigenvalue weighted by atomic mass is 9.85. The minimum Gasteiger partial charge on any atom is -0.311 e. The summed E-state index contributed by atoms with van der Waals surface area (Å²) in [7, 11) is 0. The number of imide groups is 1. The molecule has 24 heavy (non-hydrogen) atoms. The van der Waals surface area contributed by atoms with E-state index in [2.05, 4.69) is 16.0 Å². The van der Waals surface area contributed by atoms with Crippen LogP contribution in [0.15, 0.2) is 36.5 Å². The molecular weight excluding hydrogens is 304 g/mol. The highest BCUT2D eigenvalue weighted by molar-refractivity contribution is 6.05. The molecule has 0 spiro atoms. The van der Waals surface area contributed by atoms with Gasteiger partial charge in [-0.15, -0.1) is 0 Å². The minimum atomic E-state index is -0.109. The van der Waals surface area contributed by atoms with Gasteiger partial charge in [-0.3, -0.25) is 14.5 Å². The number of carbonyl (C=O) groups excluding carboxylic acids is 2. The van der Waals surface area contributed by atoms with Crippen LogP contribution in [0.25, 0.3) is 0 Å². The topological polar surface area (TPSA) is 59.2 Å². The van der Waals surface area contributed by atoms with Crippen molar-refractivity contribution in [3.63, 3.8) is 0 Å². The van der Waals surface area contributed by atoms with Crippen molar-refractivity contribution in [3.8, 4) is 0 Å². The molecule has 3 heterocycles. The molecule has 0 aromatic carbocycles. The fraction of sp³-hybridized carbons (Fsp3) is 0.500. The number of piperazine rings is 1. The second-order valence-corrected chi connectivity index (χ2v) is 6.90. The van der Waals surface area contributed by atoms with Gasteiger partial charge in [0.1, 0.15) is 26.2 Å². The van der Waals surface area contributed by atoms with Crippen molar-refractivity contribution in [1.82, 2.24) is 4.90 Å². The number of carbonyl (C=O) groups is 2. The number of anilines is 1. The zero-order valence-electron chi connectivity index (χ0n) is 13.8. The fourth-order valence-corrected chi connectivity index (χ4v) is 4.05. The number of amides is 2. The monoisotopic (exact) mass is 328 g/mol. The van der Waals surface area contributed by atoms with Crippen molar-refractivity contribution >= 4 is 17.6 Å². The van der Waals surface area contributed by atoms with Gasteiger partial charge < -0.3 is 4.90 Å². The van der Waals surface area contributed by atoms with Crippen molar-refractivity contribution in [2.24, 2.45) is 11.8 Å². The number of aromatic amines is 1. The smallest absolute Gasteiger partial charge is 0.274 e. The molecule has 6 heteroatoms. The SMILES string of the molecule is O=C1[C@H]2CC=CC[C@@H]2C(=O)N1C[NH+]1CCN(c2cccc[nH+]2)CC1. The predicted octanol–water partition coefficient (Wildman–Crippen LogP) is -0.886. The fourth-order valence-electron chi connectivity index (χ4n) is 4.05. The summed E-state index contributed by atoms with van der Waals surface area (Å²) >= 11 is 0. The highest BCUT2D eigenvalue weighted by Gasteiger charge is 2.48. The summed E-state index contributed by atoms with van der Waals surface area (Å²) in [6, 6.07) is 6.09. The lowest BCUT2D eigenvalue weighted by Gasteiger charge is -2.30. The molecule has 1 aliphatic carbocycles. The molecule has 0 saturated carbocycles. The van der Waals surface area contributed by atoms with Gasteiger partial charge in [-0.2, -0.15) is 0 Å². The Balaban J connectivity index is 1.36. The Bertz CT molecular complexity index is 626. The Morgan fingerprint density at radius 1 is 1.04 bits per heavy atom. The molecule has 4 rings (SSSR count). The van der Waals surface area contributed by atoms with Gasteiger partial charge >= 0.3 is 0 Å². The van der Waals surface area contributed by atoms with Crippen LogP contribution < -0.4 is 14.8 Å². The predicted molar refractivity (Wildman–Crippen MR) is 88.0 cm³/mol. The van der Waals surface area contributed by atoms with Gasteiger partial charge in [-0.05, 0) is 18.9 Å². The molecule has 2 atom stereocenters. The number of nitrogens with zero attached hydrogens (tertiary/aromatic N) is 2. The molecule has 6 nitrogen and oxygen atoms in total. The second kappa shape index (κ2) is 6.36. The number of hydrogen-bond donors (Lipinski definition) is 1. The number of aromatic nitrogens is 1. The van der Waals surface area contributed by atoms with Crippen LogP contribution in [0, 0.1) is 11.8 Å². The third-order valence-corrected chi connectivity index (χ3v) is 5.48. The number of hydrogen-bond acceptors (Lipinski definition) is 3. The zero-order chi connectivity index (χ0) is 16.5. The summed E-state index contributed by atoms with van der Waals surface area (Å²) in [6.07, 6.45) is 7.46. The highest BCUT2D eigenvalue weighted by atomic mass is 16.2. The Hall–Kier alpha value is -2.21. The first-order chi connectivity index (χ1) is 11.7. The lowest BCUT2D eigenvalue weighted by molar-refractivity contribution is -0.908. The van der Waals surface area contributed by atoms with Crippen molar-refractivity contribution in [3.05, 3.63) is 36.5 Å². The van der Waals surface area contributed by atoms with Gasteiger partial charge in [0, 0.05) is 6.07 Å². The molecular formula is C18H24N4O2+2. The first-order valence-electron chi connectivity index (χ1n) is 8.79. The summed E-state index contributed by atoms with van der Waals surface area (Å²) in [5.74, 6) is 0.993. The first-order valence-corrected chi connectivity index (χ1v) is 8.79. The van der Waals surface area contributed by atoms with E-state index >= 15 is 0 Å². The molecule has 2 fully saturated rings. The zero-order valence-corrected chi connectivity index (χ0v) is 13.8. The molecule has 0 bridgehead atoms. The van der Waals surface area contributed by atoms with E-state index in [1.165, 1.54) is 9.80 Å². The Kier molecular flexibility index (Phi) is 4.06. The first kappa shape index (κ1) is 15.3. The average Bonchev–Trinajstić information content (AvgIpc) is 2.88. The van der Waals surface area contributed by atoms with E-state index in [4.69, 9.17) is 0 Å². The van der Waals surface area contributed by atoms with Crippen molar-refractivity contribution in [1.29, 1.82) is 0 Å². The van der Waals surface area contributed by atoms with Crippen LogP contribution in [0.2, 0.25) is 0 Å². The summed E-state index contributed by atoms with van der Waals surface area (Å²) in [5.41, 5.74) is 0. The van der Waals surface area contributed by atoms with Crippen LogP contribution in [0.1, 0.15) is 12.8 Å². The number of nitrogens with one attached hydrogen (secondary N) is 2. The van der Waals surface area contributed by atoms with Crippen LogP contribution in [0.3, 0.4) is 0 Å². The Morgan fingerprint density at radius 2 is 1.71 bits per heavy atom. The lowest BCUT2D eigenvalue weighted by Crippen LogP contribution is -3.16. The molecule has 0 unspecified atom stereocenters. The van der Waals surface area contributed by atoms with E-state index in [0.29, 0.717) is 6.67 Å². The quantitative estimate of drug-likeness (QED) is 0.579. The number of fused-ring (bicyclic) bond motifs is 1. The van der Waals surface area contributed by atoms with Crippen molar-refractivity contribution in [2.75, 3.05) is 37.7 Å². The van der Waals surface area contributed by atoms with Gasteiger partial charge in [0.05, 0.1) is 18.0 Å². The molecule has 3 aliphatic rings. The number of likely N-dealkylation sites (tertiary alicyclic amines) is 1. The molecule has 126 valence electrons. The van der Waals surface area contributed by atoms with E-state index in [0.717, 1.165) is 44.8 Å². The molecule has 2 N–H and O–H groups in total. The van der Waals surface area contributed by atoms with Crippen molar-refractivity contribution < 1.29 is 19.5 Å². The van der Waals surface area contributed by atoms with Crippen LogP contribution in [-0.4, -0.2) is 49.6 Å². The molecule has 2 saturated heterocycles. The summed E-state index contributed by atoms with van der Waals surface area (Å²) in [5, 5.41) is 0. The number of allylic oxidation sites excluding steroid dienone is 2. The average molecular weight is 328 g/mol. The number of rotatable bonds is 3. The Morgan fingerprint density at radius 3 is 2.29 bits per heavy atom. The van der Waals surface area contributed by atoms with Crippen LogP contribution in [-0.2, 0) is 9.59 Å². The summed E-state index contributed by atoms with van der Waals surface area (Å²) < 4.78 is 0. The molecule has 0 radical (unpaired) electrons. The number of H-pyrrole nitrogens is 1. The second-order valence-electron chi connectivity index (χ2n) is 6.90. The Labute approximate surface area is 141 Å². The van der Waals surface area contributed by atoms with Crippen LogP contribution >= 0.6 is 0 Å². The maximum absolute atomic E-state index is 12.6. The molecule has 2 amide bonds. The minimum absolute atomic E-state index is 0.0423. The number of quaternary nitrogens is 1. The largest absolute Gasteiger partial charge is 0.311 e. The normalized spacial score (nSPS) is 27.7. The molecule has 1 aromatic heterocycles. The summed E-state index contributed by atoms with van der Waals surface area (Å²) in [4.78, 5) is 33.5. The summed E-state index contributed by atoms with van der Waals surface area (Å²) in [6.45, 7) is 4.26. The van der Waals surface area contributed by atoms with Gasteiger partial charge in [-0.1, -0.05) is 18.2 Å². The third kappa shape index (κ3) is 2.71. The van der Waals surface area contributed by atoms with E-state index in [-0.39, 0.29) is 23.7 Å². The highest BCUT2D eigenvalue weighted by Crippen LogP contribution is 2.34. The maximum atomic E-state index is 12.6. The van der Waals surface area contributed by atoms with Crippen molar-refractivity contribution in [2.45, 2.75) is 12.8 Å². The van der Waals surface area contributed by atoms with E-state index in [1.807, 2.05) is 30.5 Å². The van der Waals surface area contributed by atoms with Gasteiger partial charge in [0.25, 0.3) is 5.82 Å². The molecule has 2 aliphatic heterocycles. The van der Waals surface area contributed by atoms with Gasteiger partial charge in [-0.25, -0.2) is 9.88 Å². The van der Waals surface area contributed by atoms with E-state index < -0.39 is 0 Å². The van der Waals surface area contributed by atoms with Crippen LogP contribution in [0.5, 0.6) is 0 Å². The van der Waals surface area contributed by atoms with E-state index in [1.54, 1.807) is 0 Å². The van der Waals surface area contributed by atoms with Gasteiger partial charge in [0.2, 0.25) is 11.8 Å².